The molecular formula is C18H30N2O. The zero-order valence-electron chi connectivity index (χ0n) is 13.7. The van der Waals surface area contributed by atoms with Crippen molar-refractivity contribution in [1.82, 2.24) is 10.2 Å². The number of nitrogens with zero attached hydrogens (tertiary/aromatic N) is 1. The number of nitrogens with one attached hydrogen (secondary N) is 1. The second-order valence-corrected chi connectivity index (χ2v) is 6.57. The van der Waals surface area contributed by atoms with Crippen molar-refractivity contribution < 1.29 is 4.74 Å². The van der Waals surface area contributed by atoms with E-state index in [1.54, 1.807) is 0 Å². The van der Waals surface area contributed by atoms with E-state index < -0.39 is 0 Å². The molecule has 0 bridgehead atoms. The molecule has 0 saturated carbocycles. The van der Waals surface area contributed by atoms with Crippen LogP contribution in [0.3, 0.4) is 0 Å². The molecule has 1 N–H and O–H groups in total. The Kier molecular flexibility index (Phi) is 6.68. The zero-order valence-corrected chi connectivity index (χ0v) is 13.7. The van der Waals surface area contributed by atoms with E-state index in [4.69, 9.17) is 4.74 Å². The third-order valence-corrected chi connectivity index (χ3v) is 4.03. The first kappa shape index (κ1) is 16.5. The molecule has 1 heterocycles. The van der Waals surface area contributed by atoms with Gasteiger partial charge in [0.15, 0.2) is 0 Å². The van der Waals surface area contributed by atoms with Gasteiger partial charge in [0, 0.05) is 31.7 Å². The van der Waals surface area contributed by atoms with Crippen molar-refractivity contribution in [2.45, 2.75) is 39.3 Å². The average Bonchev–Trinajstić information content (AvgIpc) is 2.48. The molecule has 1 saturated heterocycles. The largest absolute Gasteiger partial charge is 0.379 e. The molecule has 2 unspecified atom stereocenters. The van der Waals surface area contributed by atoms with Gasteiger partial charge in [-0.2, -0.15) is 0 Å². The Morgan fingerprint density at radius 2 is 1.76 bits per heavy atom. The Hall–Kier alpha value is -0.900. The summed E-state index contributed by atoms with van der Waals surface area (Å²) in [6, 6.07) is 11.8. The molecule has 0 radical (unpaired) electrons. The molecule has 2 rings (SSSR count). The summed E-state index contributed by atoms with van der Waals surface area (Å²) in [6.45, 7) is 11.9. The topological polar surface area (TPSA) is 24.5 Å². The maximum Gasteiger partial charge on any atom is 0.0594 e. The van der Waals surface area contributed by atoms with Crippen LogP contribution in [0, 0.1) is 5.92 Å². The van der Waals surface area contributed by atoms with Crippen LogP contribution < -0.4 is 5.32 Å². The summed E-state index contributed by atoms with van der Waals surface area (Å²) in [5, 5.41) is 3.83. The van der Waals surface area contributed by atoms with E-state index in [1.165, 1.54) is 12.0 Å². The molecule has 0 aromatic heterocycles. The van der Waals surface area contributed by atoms with Crippen LogP contribution in [0.15, 0.2) is 30.3 Å². The highest BCUT2D eigenvalue weighted by molar-refractivity contribution is 5.19. The predicted octanol–water partition coefficient (Wildman–Crippen LogP) is 3.08. The average molecular weight is 290 g/mol. The van der Waals surface area contributed by atoms with Gasteiger partial charge in [0.2, 0.25) is 0 Å². The van der Waals surface area contributed by atoms with Crippen LogP contribution in [0.2, 0.25) is 0 Å². The molecule has 2 atom stereocenters. The molecule has 3 nitrogen and oxygen atoms in total. The van der Waals surface area contributed by atoms with Gasteiger partial charge < -0.3 is 10.1 Å². The lowest BCUT2D eigenvalue weighted by molar-refractivity contribution is 0.0337. The summed E-state index contributed by atoms with van der Waals surface area (Å²) < 4.78 is 5.42. The molecule has 1 aromatic rings. The van der Waals surface area contributed by atoms with E-state index >= 15 is 0 Å². The standard InChI is InChI=1S/C18H30N2O/c1-15(2)13-18(17-7-5-4-6-8-17)19-16(3)14-20-9-11-21-12-10-20/h4-8,15-16,18-19H,9-14H2,1-3H3. The molecule has 0 aliphatic carbocycles. The van der Waals surface area contributed by atoms with Gasteiger partial charge >= 0.3 is 0 Å². The predicted molar refractivity (Wildman–Crippen MR) is 88.5 cm³/mol. The van der Waals surface area contributed by atoms with E-state index in [0.717, 1.165) is 32.8 Å². The Morgan fingerprint density at radius 1 is 1.10 bits per heavy atom. The summed E-state index contributed by atoms with van der Waals surface area (Å²) in [5.41, 5.74) is 1.40. The lowest BCUT2D eigenvalue weighted by atomic mass is 9.96. The minimum Gasteiger partial charge on any atom is -0.379 e. The molecule has 0 spiro atoms. The summed E-state index contributed by atoms with van der Waals surface area (Å²) in [5.74, 6) is 0.693. The molecule has 1 aliphatic heterocycles. The van der Waals surface area contributed by atoms with Crippen LogP contribution in [0.5, 0.6) is 0 Å². The van der Waals surface area contributed by atoms with Crippen molar-refractivity contribution in [2.75, 3.05) is 32.8 Å². The normalized spacial score (nSPS) is 19.6. The van der Waals surface area contributed by atoms with Gasteiger partial charge in [0.25, 0.3) is 0 Å². The first-order valence-corrected chi connectivity index (χ1v) is 8.26. The Bertz CT molecular complexity index is 387. The second kappa shape index (κ2) is 8.52. The second-order valence-electron chi connectivity index (χ2n) is 6.57. The van der Waals surface area contributed by atoms with Crippen LogP contribution >= 0.6 is 0 Å². The Labute approximate surface area is 129 Å². The molecule has 1 aliphatic rings. The van der Waals surface area contributed by atoms with Crippen molar-refractivity contribution in [3.63, 3.8) is 0 Å². The number of rotatable bonds is 7. The minimum absolute atomic E-state index is 0.447. The quantitative estimate of drug-likeness (QED) is 0.835. The van der Waals surface area contributed by atoms with Gasteiger partial charge in [-0.05, 0) is 24.8 Å². The Morgan fingerprint density at radius 3 is 2.38 bits per heavy atom. The Balaban J connectivity index is 1.91. The van der Waals surface area contributed by atoms with E-state index in [0.29, 0.717) is 18.0 Å². The number of ether oxygens (including phenoxy) is 1. The number of hydrogen-bond acceptors (Lipinski definition) is 3. The monoisotopic (exact) mass is 290 g/mol. The minimum atomic E-state index is 0.447. The van der Waals surface area contributed by atoms with Crippen LogP contribution in [-0.2, 0) is 4.74 Å². The molecule has 0 amide bonds. The van der Waals surface area contributed by atoms with Gasteiger partial charge in [-0.1, -0.05) is 44.2 Å². The highest BCUT2D eigenvalue weighted by Crippen LogP contribution is 2.21. The summed E-state index contributed by atoms with van der Waals surface area (Å²) in [7, 11) is 0. The third-order valence-electron chi connectivity index (χ3n) is 4.03. The van der Waals surface area contributed by atoms with Gasteiger partial charge in [-0.3, -0.25) is 4.90 Å². The number of morpholine rings is 1. The van der Waals surface area contributed by atoms with Crippen molar-refractivity contribution >= 4 is 0 Å². The highest BCUT2D eigenvalue weighted by atomic mass is 16.5. The molecule has 1 fully saturated rings. The number of hydrogen-bond donors (Lipinski definition) is 1. The maximum atomic E-state index is 5.42. The van der Waals surface area contributed by atoms with Crippen molar-refractivity contribution in [2.24, 2.45) is 5.92 Å². The van der Waals surface area contributed by atoms with Gasteiger partial charge in [0.1, 0.15) is 0 Å². The summed E-state index contributed by atoms with van der Waals surface area (Å²) >= 11 is 0. The molecule has 1 aromatic carbocycles. The highest BCUT2D eigenvalue weighted by Gasteiger charge is 2.18. The fourth-order valence-corrected chi connectivity index (χ4v) is 3.02. The summed E-state index contributed by atoms with van der Waals surface area (Å²) in [4.78, 5) is 2.50. The SMILES string of the molecule is CC(C)CC(NC(C)CN1CCOCC1)c1ccccc1. The zero-order chi connectivity index (χ0) is 15.1. The van der Waals surface area contributed by atoms with Crippen LogP contribution in [-0.4, -0.2) is 43.8 Å². The first-order chi connectivity index (χ1) is 10.1. The fourth-order valence-electron chi connectivity index (χ4n) is 3.02. The van der Waals surface area contributed by atoms with Crippen molar-refractivity contribution in [3.05, 3.63) is 35.9 Å². The molecule has 21 heavy (non-hydrogen) atoms. The smallest absolute Gasteiger partial charge is 0.0594 e. The van der Waals surface area contributed by atoms with Crippen molar-refractivity contribution in [3.8, 4) is 0 Å². The molecule has 118 valence electrons. The summed E-state index contributed by atoms with van der Waals surface area (Å²) in [6.07, 6.45) is 1.18. The third kappa shape index (κ3) is 5.77. The van der Waals surface area contributed by atoms with Crippen molar-refractivity contribution in [1.29, 1.82) is 0 Å². The van der Waals surface area contributed by atoms with Crippen LogP contribution in [0.4, 0.5) is 0 Å². The number of benzene rings is 1. The van der Waals surface area contributed by atoms with E-state index in [1.807, 2.05) is 0 Å². The maximum absolute atomic E-state index is 5.42. The van der Waals surface area contributed by atoms with Crippen LogP contribution in [0.1, 0.15) is 38.8 Å². The van der Waals surface area contributed by atoms with E-state index in [9.17, 15) is 0 Å². The van der Waals surface area contributed by atoms with Gasteiger partial charge in [0.05, 0.1) is 13.2 Å². The molecular weight excluding hydrogens is 260 g/mol. The first-order valence-electron chi connectivity index (χ1n) is 8.26. The fraction of sp³-hybridized carbons (Fsp3) is 0.667. The van der Waals surface area contributed by atoms with Crippen LogP contribution in [0.25, 0.3) is 0 Å². The molecule has 3 heteroatoms. The lowest BCUT2D eigenvalue weighted by Gasteiger charge is -2.32. The van der Waals surface area contributed by atoms with E-state index in [2.05, 4.69) is 61.3 Å². The van der Waals surface area contributed by atoms with Gasteiger partial charge in [-0.15, -0.1) is 0 Å². The van der Waals surface area contributed by atoms with Gasteiger partial charge in [-0.25, -0.2) is 0 Å². The van der Waals surface area contributed by atoms with E-state index in [-0.39, 0.29) is 0 Å². The lowest BCUT2D eigenvalue weighted by Crippen LogP contribution is -2.45.